The third kappa shape index (κ3) is 4.00. The van der Waals surface area contributed by atoms with Crippen molar-refractivity contribution in [3.63, 3.8) is 0 Å². The number of hydrogen-bond acceptors (Lipinski definition) is 2. The number of nitrogens with one attached hydrogen (secondary N) is 2. The second-order valence-electron chi connectivity index (χ2n) is 4.44. The Kier molecular flexibility index (Phi) is 4.18. The zero-order valence-corrected chi connectivity index (χ0v) is 9.40. The molecule has 1 aliphatic rings. The van der Waals surface area contributed by atoms with E-state index >= 15 is 0 Å². The van der Waals surface area contributed by atoms with Gasteiger partial charge in [0.25, 0.3) is 0 Å². The Morgan fingerprint density at radius 1 is 1.44 bits per heavy atom. The van der Waals surface area contributed by atoms with Crippen LogP contribution in [0.1, 0.15) is 20.3 Å². The zero-order valence-electron chi connectivity index (χ0n) is 9.40. The lowest BCUT2D eigenvalue weighted by Gasteiger charge is -2.32. The fourth-order valence-corrected chi connectivity index (χ4v) is 1.65. The van der Waals surface area contributed by atoms with Crippen molar-refractivity contribution in [2.24, 2.45) is 11.8 Å². The minimum atomic E-state index is -4.23. The van der Waals surface area contributed by atoms with Crippen LogP contribution < -0.4 is 10.6 Å². The topological polar surface area (TPSA) is 41.1 Å². The van der Waals surface area contributed by atoms with E-state index in [1.165, 1.54) is 6.92 Å². The largest absolute Gasteiger partial charge is 0.391 e. The van der Waals surface area contributed by atoms with E-state index in [-0.39, 0.29) is 17.7 Å². The average Bonchev–Trinajstić information content (AvgIpc) is 1.96. The van der Waals surface area contributed by atoms with Gasteiger partial charge in [-0.2, -0.15) is 13.2 Å². The molecule has 1 saturated heterocycles. The maximum atomic E-state index is 12.0. The van der Waals surface area contributed by atoms with Gasteiger partial charge in [0.1, 0.15) is 0 Å². The Morgan fingerprint density at radius 2 is 2.00 bits per heavy atom. The van der Waals surface area contributed by atoms with Gasteiger partial charge in [0.15, 0.2) is 0 Å². The SMILES string of the molecule is CC(CC(F)(F)F)NC(=O)C(C)C1CNC1. The molecule has 0 saturated carbocycles. The van der Waals surface area contributed by atoms with E-state index in [0.717, 1.165) is 13.1 Å². The van der Waals surface area contributed by atoms with E-state index in [1.54, 1.807) is 6.92 Å². The van der Waals surface area contributed by atoms with Crippen molar-refractivity contribution in [1.82, 2.24) is 10.6 Å². The molecule has 2 atom stereocenters. The molecule has 2 unspecified atom stereocenters. The van der Waals surface area contributed by atoms with Gasteiger partial charge in [0.2, 0.25) is 5.91 Å². The molecule has 0 aromatic carbocycles. The van der Waals surface area contributed by atoms with Crippen molar-refractivity contribution in [2.75, 3.05) is 13.1 Å². The molecule has 0 aromatic heterocycles. The number of amides is 1. The van der Waals surface area contributed by atoms with Gasteiger partial charge in [-0.1, -0.05) is 6.92 Å². The first-order chi connectivity index (χ1) is 7.29. The third-order valence-corrected chi connectivity index (χ3v) is 2.86. The summed E-state index contributed by atoms with van der Waals surface area (Å²) in [5.74, 6) is -0.265. The molecule has 0 spiro atoms. The smallest absolute Gasteiger partial charge is 0.353 e. The lowest BCUT2D eigenvalue weighted by molar-refractivity contribution is -0.142. The second-order valence-corrected chi connectivity index (χ2v) is 4.44. The van der Waals surface area contributed by atoms with Gasteiger partial charge in [-0.15, -0.1) is 0 Å². The molecule has 0 aromatic rings. The zero-order chi connectivity index (χ0) is 12.3. The van der Waals surface area contributed by atoms with Crippen molar-refractivity contribution in [3.05, 3.63) is 0 Å². The normalized spacial score (nSPS) is 21.1. The fourth-order valence-electron chi connectivity index (χ4n) is 1.65. The predicted octanol–water partition coefficient (Wildman–Crippen LogP) is 1.30. The number of alkyl halides is 3. The minimum Gasteiger partial charge on any atom is -0.353 e. The van der Waals surface area contributed by atoms with Crippen molar-refractivity contribution < 1.29 is 18.0 Å². The fraction of sp³-hybridized carbons (Fsp3) is 0.900. The molecule has 3 nitrogen and oxygen atoms in total. The van der Waals surface area contributed by atoms with E-state index < -0.39 is 18.6 Å². The molecule has 1 aliphatic heterocycles. The lowest BCUT2D eigenvalue weighted by Crippen LogP contribution is -2.51. The number of rotatable bonds is 4. The van der Waals surface area contributed by atoms with Gasteiger partial charge in [-0.05, 0) is 25.9 Å². The Bertz CT molecular complexity index is 251. The highest BCUT2D eigenvalue weighted by molar-refractivity contribution is 5.79. The van der Waals surface area contributed by atoms with Crippen LogP contribution in [-0.2, 0) is 4.79 Å². The molecular formula is C10H17F3N2O. The molecule has 16 heavy (non-hydrogen) atoms. The standard InChI is InChI=1S/C10H17F3N2O/c1-6(3-10(11,12)13)15-9(16)7(2)8-4-14-5-8/h6-8,14H,3-5H2,1-2H3,(H,15,16). The van der Waals surface area contributed by atoms with Crippen LogP contribution in [0.4, 0.5) is 13.2 Å². The molecule has 1 rings (SSSR count). The molecule has 0 radical (unpaired) electrons. The monoisotopic (exact) mass is 238 g/mol. The number of hydrogen-bond donors (Lipinski definition) is 2. The molecule has 1 fully saturated rings. The highest BCUT2D eigenvalue weighted by atomic mass is 19.4. The molecule has 6 heteroatoms. The van der Waals surface area contributed by atoms with Gasteiger partial charge in [-0.3, -0.25) is 4.79 Å². The Balaban J connectivity index is 2.32. The lowest BCUT2D eigenvalue weighted by atomic mass is 9.88. The van der Waals surface area contributed by atoms with E-state index in [4.69, 9.17) is 0 Å². The van der Waals surface area contributed by atoms with Gasteiger partial charge >= 0.3 is 6.18 Å². The molecular weight excluding hydrogens is 221 g/mol. The maximum Gasteiger partial charge on any atom is 0.391 e. The van der Waals surface area contributed by atoms with Crippen LogP contribution in [0, 0.1) is 11.8 Å². The molecule has 1 heterocycles. The van der Waals surface area contributed by atoms with Crippen LogP contribution in [0.5, 0.6) is 0 Å². The summed E-state index contributed by atoms with van der Waals surface area (Å²) >= 11 is 0. The van der Waals surface area contributed by atoms with Gasteiger partial charge < -0.3 is 10.6 Å². The summed E-state index contributed by atoms with van der Waals surface area (Å²) in [7, 11) is 0. The van der Waals surface area contributed by atoms with Crippen molar-refractivity contribution in [1.29, 1.82) is 0 Å². The second kappa shape index (κ2) is 5.03. The van der Waals surface area contributed by atoms with Gasteiger partial charge in [0.05, 0.1) is 6.42 Å². The summed E-state index contributed by atoms with van der Waals surface area (Å²) < 4.78 is 36.1. The van der Waals surface area contributed by atoms with Crippen LogP contribution in [0.15, 0.2) is 0 Å². The molecule has 0 aliphatic carbocycles. The summed E-state index contributed by atoms with van der Waals surface area (Å²) in [6.07, 6.45) is -5.21. The van der Waals surface area contributed by atoms with E-state index in [2.05, 4.69) is 10.6 Å². The van der Waals surface area contributed by atoms with E-state index in [1.807, 2.05) is 0 Å². The summed E-state index contributed by atoms with van der Waals surface area (Å²) in [5.41, 5.74) is 0. The van der Waals surface area contributed by atoms with Crippen LogP contribution in [0.3, 0.4) is 0 Å². The summed E-state index contributed by atoms with van der Waals surface area (Å²) in [5, 5.41) is 5.43. The maximum absolute atomic E-state index is 12.0. The molecule has 1 amide bonds. The summed E-state index contributed by atoms with van der Waals surface area (Å²) in [6, 6.07) is -0.858. The molecule has 2 N–H and O–H groups in total. The Morgan fingerprint density at radius 3 is 2.38 bits per heavy atom. The number of halogens is 3. The van der Waals surface area contributed by atoms with Crippen LogP contribution in [-0.4, -0.2) is 31.2 Å². The third-order valence-electron chi connectivity index (χ3n) is 2.86. The van der Waals surface area contributed by atoms with Crippen LogP contribution in [0.25, 0.3) is 0 Å². The quantitative estimate of drug-likeness (QED) is 0.775. The van der Waals surface area contributed by atoms with Crippen molar-refractivity contribution in [2.45, 2.75) is 32.5 Å². The summed E-state index contributed by atoms with van der Waals surface area (Å²) in [6.45, 7) is 4.66. The first kappa shape index (κ1) is 13.3. The van der Waals surface area contributed by atoms with E-state index in [0.29, 0.717) is 0 Å². The van der Waals surface area contributed by atoms with Crippen molar-refractivity contribution in [3.8, 4) is 0 Å². The number of carbonyl (C=O) groups is 1. The minimum absolute atomic E-state index is 0.225. The van der Waals surface area contributed by atoms with Crippen LogP contribution >= 0.6 is 0 Å². The summed E-state index contributed by atoms with van der Waals surface area (Å²) in [4.78, 5) is 11.6. The van der Waals surface area contributed by atoms with Crippen LogP contribution in [0.2, 0.25) is 0 Å². The Labute approximate surface area is 92.8 Å². The predicted molar refractivity (Wildman–Crippen MR) is 53.8 cm³/mol. The Hall–Kier alpha value is -0.780. The van der Waals surface area contributed by atoms with Gasteiger partial charge in [0, 0.05) is 12.0 Å². The average molecular weight is 238 g/mol. The van der Waals surface area contributed by atoms with Crippen molar-refractivity contribution >= 4 is 5.91 Å². The molecule has 0 bridgehead atoms. The first-order valence-corrected chi connectivity index (χ1v) is 5.37. The van der Waals surface area contributed by atoms with E-state index in [9.17, 15) is 18.0 Å². The van der Waals surface area contributed by atoms with Gasteiger partial charge in [-0.25, -0.2) is 0 Å². The highest BCUT2D eigenvalue weighted by Gasteiger charge is 2.33. The first-order valence-electron chi connectivity index (χ1n) is 5.37. The molecule has 94 valence electrons. The highest BCUT2D eigenvalue weighted by Crippen LogP contribution is 2.22. The number of carbonyl (C=O) groups excluding carboxylic acids is 1.